The highest BCUT2D eigenvalue weighted by molar-refractivity contribution is 5.99. The van der Waals surface area contributed by atoms with Gasteiger partial charge in [0.2, 0.25) is 0 Å². The lowest BCUT2D eigenvalue weighted by molar-refractivity contribution is -0.126. The summed E-state index contributed by atoms with van der Waals surface area (Å²) in [5.74, 6) is 0.734. The van der Waals surface area contributed by atoms with Crippen LogP contribution < -0.4 is 4.74 Å². The first-order valence-corrected chi connectivity index (χ1v) is 9.47. The fourth-order valence-corrected chi connectivity index (χ4v) is 2.73. The molecule has 0 saturated heterocycles. The molecule has 1 aliphatic carbocycles. The number of methoxy groups -OCH3 is 1. The summed E-state index contributed by atoms with van der Waals surface area (Å²) in [5.41, 5.74) is 1.91. The zero-order chi connectivity index (χ0) is 21.5. The molecule has 1 aliphatic rings. The molecule has 0 amide bonds. The van der Waals surface area contributed by atoms with Crippen molar-refractivity contribution in [3.63, 3.8) is 0 Å². The van der Waals surface area contributed by atoms with Crippen LogP contribution in [-0.2, 0) is 9.53 Å². The summed E-state index contributed by atoms with van der Waals surface area (Å²) < 4.78 is 23.1. The van der Waals surface area contributed by atoms with Crippen molar-refractivity contribution in [2.45, 2.75) is 25.9 Å². The van der Waals surface area contributed by atoms with Crippen molar-refractivity contribution in [3.05, 3.63) is 71.8 Å². The van der Waals surface area contributed by atoms with Crippen LogP contribution in [0, 0.1) is 11.7 Å². The minimum absolute atomic E-state index is 0.207. The largest absolute Gasteiger partial charge is 0.484 e. The van der Waals surface area contributed by atoms with Crippen LogP contribution in [0.5, 0.6) is 5.75 Å². The maximum absolute atomic E-state index is 13.3. The Morgan fingerprint density at radius 1 is 1.23 bits per heavy atom. The summed E-state index contributed by atoms with van der Waals surface area (Å²) in [7, 11) is 1.31. The molecule has 1 heterocycles. The van der Waals surface area contributed by atoms with Gasteiger partial charge in [0.15, 0.2) is 5.78 Å². The lowest BCUT2D eigenvalue weighted by atomic mass is 10.1. The Bertz CT molecular complexity index is 1000. The van der Waals surface area contributed by atoms with E-state index in [4.69, 9.17) is 9.53 Å². The third kappa shape index (κ3) is 5.50. The molecule has 1 saturated carbocycles. The predicted octanol–water partition coefficient (Wildman–Crippen LogP) is 3.93. The summed E-state index contributed by atoms with van der Waals surface area (Å²) in [5, 5.41) is 8.52. The Balaban J connectivity index is 0.000000589. The lowest BCUT2D eigenvalue weighted by Gasteiger charge is -2.12. The van der Waals surface area contributed by atoms with E-state index >= 15 is 0 Å². The van der Waals surface area contributed by atoms with E-state index in [9.17, 15) is 9.18 Å². The molecule has 4 rings (SSSR count). The summed E-state index contributed by atoms with van der Waals surface area (Å²) in [6.45, 7) is 2.24. The van der Waals surface area contributed by atoms with Crippen molar-refractivity contribution in [3.8, 4) is 11.4 Å². The number of hydrogen-bond donors (Lipinski definition) is 0. The molecule has 1 atom stereocenters. The quantitative estimate of drug-likeness (QED) is 0.433. The lowest BCUT2D eigenvalue weighted by Crippen LogP contribution is -2.06. The van der Waals surface area contributed by atoms with E-state index in [0.29, 0.717) is 23.6 Å². The van der Waals surface area contributed by atoms with Crippen molar-refractivity contribution in [2.75, 3.05) is 7.11 Å². The maximum atomic E-state index is 13.3. The number of aromatic nitrogens is 3. The molecule has 30 heavy (non-hydrogen) atoms. The molecule has 1 fully saturated rings. The third-order valence-electron chi connectivity index (χ3n) is 4.46. The number of carbonyl (C=O) groups is 2. The number of ketones is 1. The van der Waals surface area contributed by atoms with Crippen LogP contribution in [0.4, 0.5) is 4.39 Å². The number of Topliss-reactive ketones (excluding diaryl/α,β-unsaturated/α-hetero) is 1. The van der Waals surface area contributed by atoms with Crippen molar-refractivity contribution in [2.24, 2.45) is 5.92 Å². The average molecular weight is 411 g/mol. The van der Waals surface area contributed by atoms with Crippen LogP contribution in [0.2, 0.25) is 0 Å². The Morgan fingerprint density at radius 3 is 2.53 bits per heavy atom. The molecule has 8 heteroatoms. The van der Waals surface area contributed by atoms with Crippen molar-refractivity contribution < 1.29 is 23.5 Å². The topological polar surface area (TPSA) is 83.3 Å². The highest BCUT2D eigenvalue weighted by atomic mass is 19.1. The molecular formula is C22H22FN3O4. The van der Waals surface area contributed by atoms with E-state index in [1.165, 1.54) is 24.0 Å². The summed E-state index contributed by atoms with van der Waals surface area (Å²) >= 11 is 0. The van der Waals surface area contributed by atoms with Crippen LogP contribution in [0.3, 0.4) is 0 Å². The van der Waals surface area contributed by atoms with Gasteiger partial charge in [0.25, 0.3) is 6.47 Å². The second-order valence-electron chi connectivity index (χ2n) is 6.79. The molecule has 7 nitrogen and oxygen atoms in total. The number of nitrogens with zero attached hydrogens (tertiary/aromatic N) is 3. The van der Waals surface area contributed by atoms with Crippen LogP contribution in [0.1, 0.15) is 41.9 Å². The van der Waals surface area contributed by atoms with E-state index in [1.54, 1.807) is 42.6 Å². The first-order chi connectivity index (χ1) is 14.5. The van der Waals surface area contributed by atoms with Crippen molar-refractivity contribution in [1.82, 2.24) is 15.0 Å². The second-order valence-corrected chi connectivity index (χ2v) is 6.79. The van der Waals surface area contributed by atoms with Gasteiger partial charge in [0.05, 0.1) is 19.0 Å². The summed E-state index contributed by atoms with van der Waals surface area (Å²) in [6, 6.07) is 13.3. The van der Waals surface area contributed by atoms with Crippen LogP contribution in [0.15, 0.2) is 54.7 Å². The minimum atomic E-state index is -0.341. The Labute approximate surface area is 173 Å². The number of hydrogen-bond acceptors (Lipinski definition) is 6. The van der Waals surface area contributed by atoms with Gasteiger partial charge in [0.1, 0.15) is 23.4 Å². The fourth-order valence-electron chi connectivity index (χ4n) is 2.73. The molecule has 156 valence electrons. The molecule has 1 aromatic heterocycles. The number of rotatable bonds is 7. The van der Waals surface area contributed by atoms with Gasteiger partial charge in [-0.25, -0.2) is 4.39 Å². The van der Waals surface area contributed by atoms with Crippen LogP contribution in [-0.4, -0.2) is 34.4 Å². The Morgan fingerprint density at radius 2 is 1.93 bits per heavy atom. The van der Waals surface area contributed by atoms with E-state index in [1.807, 2.05) is 6.92 Å². The molecule has 0 aliphatic heterocycles. The van der Waals surface area contributed by atoms with Gasteiger partial charge in [-0.3, -0.25) is 9.59 Å². The first-order valence-electron chi connectivity index (χ1n) is 9.47. The smallest absolute Gasteiger partial charge is 0.292 e. The van der Waals surface area contributed by atoms with Gasteiger partial charge in [-0.05, 0) is 56.2 Å². The minimum Gasteiger partial charge on any atom is -0.484 e. The second kappa shape index (κ2) is 9.78. The SMILES string of the molecule is CC(Oc1ccc(C(=O)C2CC2)cc1)c1cnn(-c2cccc(F)c2)n1.COC=O. The normalized spacial score (nSPS) is 13.6. The number of carbonyl (C=O) groups excluding carboxylic acids is 2. The number of ether oxygens (including phenoxy) is 2. The van der Waals surface area contributed by atoms with Crippen molar-refractivity contribution >= 4 is 12.3 Å². The third-order valence-corrected chi connectivity index (χ3v) is 4.46. The molecule has 0 spiro atoms. The molecule has 1 unspecified atom stereocenters. The molecule has 0 bridgehead atoms. The highest BCUT2D eigenvalue weighted by Crippen LogP contribution is 2.33. The van der Waals surface area contributed by atoms with E-state index < -0.39 is 0 Å². The monoisotopic (exact) mass is 411 g/mol. The first kappa shape index (κ1) is 21.2. The van der Waals surface area contributed by atoms with Crippen LogP contribution in [0.25, 0.3) is 5.69 Å². The standard InChI is InChI=1S/C20H18FN3O2.C2H4O2/c1-13(19-12-22-24(23-19)17-4-2-3-16(21)11-17)26-18-9-7-15(8-10-18)20(25)14-5-6-14;1-4-2-3/h2-4,7-14H,5-6H2,1H3;2H,1H3. The van der Waals surface area contributed by atoms with Crippen molar-refractivity contribution in [1.29, 1.82) is 0 Å². The van der Waals surface area contributed by atoms with Gasteiger partial charge < -0.3 is 9.47 Å². The number of benzene rings is 2. The molecular weight excluding hydrogens is 389 g/mol. The predicted molar refractivity (Wildman–Crippen MR) is 107 cm³/mol. The summed E-state index contributed by atoms with van der Waals surface area (Å²) in [6.07, 6.45) is 3.26. The average Bonchev–Trinajstić information content (AvgIpc) is 3.49. The van der Waals surface area contributed by atoms with Gasteiger partial charge in [-0.2, -0.15) is 9.90 Å². The molecule has 0 N–H and O–H groups in total. The van der Waals surface area contributed by atoms with Gasteiger partial charge in [0, 0.05) is 17.5 Å². The maximum Gasteiger partial charge on any atom is 0.292 e. The van der Waals surface area contributed by atoms with Gasteiger partial charge in [-0.1, -0.05) is 6.07 Å². The van der Waals surface area contributed by atoms with E-state index in [-0.39, 0.29) is 23.6 Å². The van der Waals surface area contributed by atoms with Gasteiger partial charge >= 0.3 is 0 Å². The fraction of sp³-hybridized carbons (Fsp3) is 0.273. The molecule has 2 aromatic carbocycles. The zero-order valence-electron chi connectivity index (χ0n) is 16.7. The highest BCUT2D eigenvalue weighted by Gasteiger charge is 2.30. The van der Waals surface area contributed by atoms with E-state index in [2.05, 4.69) is 14.9 Å². The Kier molecular flexibility index (Phi) is 6.90. The van der Waals surface area contributed by atoms with E-state index in [0.717, 1.165) is 18.4 Å². The van der Waals surface area contributed by atoms with Crippen LogP contribution >= 0.6 is 0 Å². The molecule has 0 radical (unpaired) electrons. The summed E-state index contributed by atoms with van der Waals surface area (Å²) in [4.78, 5) is 22.4. The molecule has 3 aromatic rings. The van der Waals surface area contributed by atoms with Gasteiger partial charge in [-0.15, -0.1) is 5.10 Å². The zero-order valence-corrected chi connectivity index (χ0v) is 16.7. The Hall–Kier alpha value is -3.55. The number of halogens is 1.